The summed E-state index contributed by atoms with van der Waals surface area (Å²) in [4.78, 5) is 13.8. The van der Waals surface area contributed by atoms with Crippen LogP contribution in [0.4, 0.5) is 0 Å². The molecule has 2 rings (SSSR count). The highest BCUT2D eigenvalue weighted by atomic mass is 16.5. The van der Waals surface area contributed by atoms with Gasteiger partial charge < -0.3 is 10.1 Å². The van der Waals surface area contributed by atoms with Crippen LogP contribution >= 0.6 is 0 Å². The van der Waals surface area contributed by atoms with E-state index < -0.39 is 0 Å². The Balaban J connectivity index is 1.81. The Morgan fingerprint density at radius 3 is 2.81 bits per heavy atom. The molecule has 0 radical (unpaired) electrons. The first-order valence-electron chi connectivity index (χ1n) is 7.82. The van der Waals surface area contributed by atoms with E-state index in [9.17, 15) is 4.79 Å². The molecular formula is C17H26N2O2. The molecule has 1 N–H and O–H groups in total. The van der Waals surface area contributed by atoms with Crippen molar-refractivity contribution in [1.82, 2.24) is 10.2 Å². The van der Waals surface area contributed by atoms with E-state index in [2.05, 4.69) is 41.4 Å². The number of nitrogens with zero attached hydrogens (tertiary/aromatic N) is 1. The molecule has 116 valence electrons. The summed E-state index contributed by atoms with van der Waals surface area (Å²) in [6.45, 7) is 7.72. The second-order valence-electron chi connectivity index (χ2n) is 5.90. The first-order chi connectivity index (χ1) is 10.2. The number of rotatable bonds is 6. The highest BCUT2D eigenvalue weighted by Gasteiger charge is 2.25. The van der Waals surface area contributed by atoms with Crippen LogP contribution in [0.3, 0.4) is 0 Å². The van der Waals surface area contributed by atoms with Crippen molar-refractivity contribution in [2.24, 2.45) is 5.92 Å². The summed E-state index contributed by atoms with van der Waals surface area (Å²) in [5.41, 5.74) is 1.30. The molecule has 0 spiro atoms. The highest BCUT2D eigenvalue weighted by molar-refractivity contribution is 5.71. The van der Waals surface area contributed by atoms with Gasteiger partial charge in [0, 0.05) is 25.7 Å². The first kappa shape index (κ1) is 16.0. The van der Waals surface area contributed by atoms with Crippen molar-refractivity contribution in [3.8, 4) is 0 Å². The fourth-order valence-corrected chi connectivity index (χ4v) is 2.99. The minimum atomic E-state index is -0.117. The van der Waals surface area contributed by atoms with E-state index in [1.165, 1.54) is 5.56 Å². The van der Waals surface area contributed by atoms with E-state index in [0.717, 1.165) is 26.1 Å². The minimum Gasteiger partial charge on any atom is -0.465 e. The largest absolute Gasteiger partial charge is 0.465 e. The Morgan fingerprint density at radius 2 is 2.10 bits per heavy atom. The van der Waals surface area contributed by atoms with E-state index in [4.69, 9.17) is 4.74 Å². The molecule has 1 aliphatic heterocycles. The number of benzene rings is 1. The Morgan fingerprint density at radius 1 is 1.33 bits per heavy atom. The Hall–Kier alpha value is -1.39. The number of likely N-dealkylation sites (tertiary alicyclic amines) is 1. The van der Waals surface area contributed by atoms with Crippen LogP contribution in [0.1, 0.15) is 25.8 Å². The number of carbonyl (C=O) groups is 1. The molecule has 2 atom stereocenters. The third-order valence-corrected chi connectivity index (χ3v) is 3.83. The maximum absolute atomic E-state index is 11.6. The molecule has 4 heteroatoms. The summed E-state index contributed by atoms with van der Waals surface area (Å²) in [5.74, 6) is 0.481. The molecule has 0 saturated carbocycles. The number of nitrogens with one attached hydrogen (secondary N) is 1. The van der Waals surface area contributed by atoms with Crippen molar-refractivity contribution in [1.29, 1.82) is 0 Å². The maximum atomic E-state index is 11.6. The third-order valence-electron chi connectivity index (χ3n) is 3.83. The molecule has 1 saturated heterocycles. The number of ether oxygens (including phenoxy) is 1. The average molecular weight is 290 g/mol. The first-order valence-corrected chi connectivity index (χ1v) is 7.82. The van der Waals surface area contributed by atoms with Gasteiger partial charge >= 0.3 is 5.97 Å². The molecule has 1 fully saturated rings. The van der Waals surface area contributed by atoms with Crippen LogP contribution in [-0.4, -0.2) is 43.2 Å². The predicted octanol–water partition coefficient (Wildman–Crippen LogP) is 2.05. The number of carbonyl (C=O) groups excluding carboxylic acids is 1. The van der Waals surface area contributed by atoms with Gasteiger partial charge in [0.1, 0.15) is 0 Å². The second-order valence-corrected chi connectivity index (χ2v) is 5.90. The standard InChI is InChI=1S/C17H26N2O2/c1-3-21-17(20)13-19-11-14(2)9-16(12-19)18-10-15-7-5-4-6-8-15/h4-8,14,16,18H,3,9-13H2,1-2H3. The average Bonchev–Trinajstić information content (AvgIpc) is 2.46. The number of piperidine rings is 1. The number of esters is 1. The van der Waals surface area contributed by atoms with Crippen molar-refractivity contribution in [2.45, 2.75) is 32.9 Å². The van der Waals surface area contributed by atoms with Gasteiger partial charge in [-0.1, -0.05) is 37.3 Å². The monoisotopic (exact) mass is 290 g/mol. The smallest absolute Gasteiger partial charge is 0.320 e. The lowest BCUT2D eigenvalue weighted by Gasteiger charge is -2.36. The molecule has 0 aromatic heterocycles. The summed E-state index contributed by atoms with van der Waals surface area (Å²) >= 11 is 0. The molecule has 21 heavy (non-hydrogen) atoms. The van der Waals surface area contributed by atoms with Gasteiger partial charge in [0.15, 0.2) is 0 Å². The van der Waals surface area contributed by atoms with Gasteiger partial charge in [0.2, 0.25) is 0 Å². The van der Waals surface area contributed by atoms with Gasteiger partial charge in [-0.3, -0.25) is 9.69 Å². The molecule has 2 unspecified atom stereocenters. The van der Waals surface area contributed by atoms with Gasteiger partial charge in [-0.05, 0) is 24.8 Å². The predicted molar refractivity (Wildman–Crippen MR) is 83.9 cm³/mol. The zero-order valence-corrected chi connectivity index (χ0v) is 13.0. The van der Waals surface area contributed by atoms with E-state index in [1.807, 2.05) is 13.0 Å². The lowest BCUT2D eigenvalue weighted by Crippen LogP contribution is -2.50. The minimum absolute atomic E-state index is 0.117. The molecule has 1 aromatic rings. The topological polar surface area (TPSA) is 41.6 Å². The second kappa shape index (κ2) is 8.15. The summed E-state index contributed by atoms with van der Waals surface area (Å²) in [7, 11) is 0. The van der Waals surface area contributed by atoms with Crippen LogP contribution in [0, 0.1) is 5.92 Å². The van der Waals surface area contributed by atoms with Gasteiger partial charge in [-0.15, -0.1) is 0 Å². The summed E-state index contributed by atoms with van der Waals surface area (Å²) in [5, 5.41) is 3.61. The maximum Gasteiger partial charge on any atom is 0.320 e. The third kappa shape index (κ3) is 5.48. The lowest BCUT2D eigenvalue weighted by atomic mass is 9.95. The van der Waals surface area contributed by atoms with Crippen molar-refractivity contribution >= 4 is 5.97 Å². The van der Waals surface area contributed by atoms with Crippen LogP contribution in [0.15, 0.2) is 30.3 Å². The van der Waals surface area contributed by atoms with Crippen LogP contribution in [0.25, 0.3) is 0 Å². The number of hydrogen-bond donors (Lipinski definition) is 1. The number of hydrogen-bond acceptors (Lipinski definition) is 4. The fraction of sp³-hybridized carbons (Fsp3) is 0.588. The molecule has 4 nitrogen and oxygen atoms in total. The lowest BCUT2D eigenvalue weighted by molar-refractivity contribution is -0.144. The SMILES string of the molecule is CCOC(=O)CN1CC(C)CC(NCc2ccccc2)C1. The van der Waals surface area contributed by atoms with Crippen LogP contribution in [0.5, 0.6) is 0 Å². The van der Waals surface area contributed by atoms with Crippen molar-refractivity contribution in [3.63, 3.8) is 0 Å². The summed E-state index contributed by atoms with van der Waals surface area (Å²) in [6, 6.07) is 10.9. The Kier molecular flexibility index (Phi) is 6.21. The molecule has 0 aliphatic carbocycles. The normalized spacial score (nSPS) is 23.0. The Bertz CT molecular complexity index is 436. The van der Waals surface area contributed by atoms with Crippen molar-refractivity contribution < 1.29 is 9.53 Å². The van der Waals surface area contributed by atoms with E-state index in [0.29, 0.717) is 25.1 Å². The molecule has 1 aromatic carbocycles. The van der Waals surface area contributed by atoms with E-state index in [-0.39, 0.29) is 5.97 Å². The van der Waals surface area contributed by atoms with Gasteiger partial charge in [0.05, 0.1) is 13.2 Å². The summed E-state index contributed by atoms with van der Waals surface area (Å²) < 4.78 is 5.04. The molecule has 1 heterocycles. The van der Waals surface area contributed by atoms with Crippen LogP contribution in [-0.2, 0) is 16.1 Å². The zero-order chi connectivity index (χ0) is 15.1. The molecule has 1 aliphatic rings. The van der Waals surface area contributed by atoms with Crippen LogP contribution < -0.4 is 5.32 Å². The van der Waals surface area contributed by atoms with Gasteiger partial charge in [-0.2, -0.15) is 0 Å². The summed E-state index contributed by atoms with van der Waals surface area (Å²) in [6.07, 6.45) is 1.16. The molecule has 0 amide bonds. The van der Waals surface area contributed by atoms with Gasteiger partial charge in [-0.25, -0.2) is 0 Å². The van der Waals surface area contributed by atoms with Crippen LogP contribution in [0.2, 0.25) is 0 Å². The molecule has 0 bridgehead atoms. The van der Waals surface area contributed by atoms with Crippen molar-refractivity contribution in [3.05, 3.63) is 35.9 Å². The molecular weight excluding hydrogens is 264 g/mol. The Labute approximate surface area is 127 Å². The van der Waals surface area contributed by atoms with E-state index >= 15 is 0 Å². The zero-order valence-electron chi connectivity index (χ0n) is 13.0. The van der Waals surface area contributed by atoms with Crippen molar-refractivity contribution in [2.75, 3.05) is 26.2 Å². The highest BCUT2D eigenvalue weighted by Crippen LogP contribution is 2.16. The van der Waals surface area contributed by atoms with E-state index in [1.54, 1.807) is 0 Å². The van der Waals surface area contributed by atoms with Gasteiger partial charge in [0.25, 0.3) is 0 Å². The fourth-order valence-electron chi connectivity index (χ4n) is 2.99. The quantitative estimate of drug-likeness (QED) is 0.814.